The molecule has 1 aliphatic rings. The van der Waals surface area contributed by atoms with Crippen molar-refractivity contribution in [3.63, 3.8) is 0 Å². The van der Waals surface area contributed by atoms with Crippen LogP contribution in [0.1, 0.15) is 54.7 Å². The van der Waals surface area contributed by atoms with Gasteiger partial charge in [0.1, 0.15) is 11.5 Å². The maximum atomic E-state index is 5.94. The number of halogens is 1. The summed E-state index contributed by atoms with van der Waals surface area (Å²) in [7, 11) is 3.49. The minimum Gasteiger partial charge on any atom is -0.496 e. The number of hydrogen-bond acceptors (Lipinski definition) is 2. The summed E-state index contributed by atoms with van der Waals surface area (Å²) in [6.45, 7) is 0. The molecule has 0 bridgehead atoms. The topological polar surface area (TPSA) is 18.5 Å². The average Bonchev–Trinajstić information content (AvgIpc) is 2.67. The van der Waals surface area contributed by atoms with E-state index in [0.29, 0.717) is 5.92 Å². The third-order valence-electron chi connectivity index (χ3n) is 4.92. The van der Waals surface area contributed by atoms with Crippen molar-refractivity contribution in [3.05, 3.63) is 58.1 Å². The summed E-state index contributed by atoms with van der Waals surface area (Å²) in [4.78, 5) is 0. The molecule has 2 aromatic rings. The predicted octanol–water partition coefficient (Wildman–Crippen LogP) is 6.58. The zero-order valence-corrected chi connectivity index (χ0v) is 15.7. The van der Waals surface area contributed by atoms with Gasteiger partial charge in [-0.2, -0.15) is 0 Å². The molecule has 132 valence electrons. The summed E-state index contributed by atoms with van der Waals surface area (Å²) in [6, 6.07) is 12.0. The van der Waals surface area contributed by atoms with Gasteiger partial charge >= 0.3 is 0 Å². The van der Waals surface area contributed by atoms with E-state index in [1.165, 1.54) is 37.7 Å². The van der Waals surface area contributed by atoms with Crippen LogP contribution in [0.3, 0.4) is 0 Å². The van der Waals surface area contributed by atoms with E-state index in [4.69, 9.17) is 21.1 Å². The first-order valence-corrected chi connectivity index (χ1v) is 9.28. The summed E-state index contributed by atoms with van der Waals surface area (Å²) in [5.41, 5.74) is 3.41. The van der Waals surface area contributed by atoms with Gasteiger partial charge in [-0.05, 0) is 54.2 Å². The summed E-state index contributed by atoms with van der Waals surface area (Å²) >= 11 is 5.94. The van der Waals surface area contributed by atoms with E-state index in [9.17, 15) is 0 Å². The third-order valence-corrected chi connectivity index (χ3v) is 5.17. The van der Waals surface area contributed by atoms with Gasteiger partial charge in [0.25, 0.3) is 0 Å². The summed E-state index contributed by atoms with van der Waals surface area (Å²) in [5.74, 6) is 2.40. The predicted molar refractivity (Wildman–Crippen MR) is 106 cm³/mol. The molecule has 2 nitrogen and oxygen atoms in total. The van der Waals surface area contributed by atoms with Crippen molar-refractivity contribution in [2.45, 2.75) is 38.0 Å². The summed E-state index contributed by atoms with van der Waals surface area (Å²) in [5, 5.41) is 0.748. The second-order valence-corrected chi connectivity index (χ2v) is 7.00. The van der Waals surface area contributed by atoms with Gasteiger partial charge in [-0.15, -0.1) is 0 Å². The smallest absolute Gasteiger partial charge is 0.126 e. The van der Waals surface area contributed by atoms with Gasteiger partial charge < -0.3 is 9.47 Å². The van der Waals surface area contributed by atoms with Crippen LogP contribution in [0.4, 0.5) is 0 Å². The molecule has 0 N–H and O–H groups in total. The molecule has 0 unspecified atom stereocenters. The number of benzene rings is 2. The van der Waals surface area contributed by atoms with Gasteiger partial charge in [0.05, 0.1) is 14.2 Å². The van der Waals surface area contributed by atoms with Crippen LogP contribution in [-0.2, 0) is 0 Å². The Bertz CT molecular complexity index is 703. The largest absolute Gasteiger partial charge is 0.496 e. The molecule has 1 saturated carbocycles. The first-order valence-electron chi connectivity index (χ1n) is 8.91. The lowest BCUT2D eigenvalue weighted by Crippen LogP contribution is -2.08. The Hall–Kier alpha value is -1.93. The molecule has 0 aliphatic heterocycles. The Kier molecular flexibility index (Phi) is 6.04. The zero-order chi connectivity index (χ0) is 17.6. The molecular weight excluding hydrogens is 332 g/mol. The number of methoxy groups -OCH3 is 2. The van der Waals surface area contributed by atoms with Crippen LogP contribution in [0, 0.1) is 0 Å². The van der Waals surface area contributed by atoms with E-state index in [-0.39, 0.29) is 0 Å². The maximum absolute atomic E-state index is 5.94. The standard InChI is InChI=1S/C22H25ClO2/c1-24-20-14-17(9-8-16-10-12-19(23)13-11-16)15-21(25-2)22(20)18-6-4-3-5-7-18/h8-15,18H,3-7H2,1-2H3. The lowest BCUT2D eigenvalue weighted by molar-refractivity contribution is 0.359. The fraction of sp³-hybridized carbons (Fsp3) is 0.364. The molecule has 0 atom stereocenters. The molecule has 0 radical (unpaired) electrons. The van der Waals surface area contributed by atoms with Crippen LogP contribution in [0.25, 0.3) is 12.2 Å². The summed E-state index contributed by atoms with van der Waals surface area (Å²) < 4.78 is 11.4. The first-order chi connectivity index (χ1) is 12.2. The first kappa shape index (κ1) is 17.9. The molecule has 3 rings (SSSR count). The normalized spacial score (nSPS) is 15.5. The van der Waals surface area contributed by atoms with E-state index < -0.39 is 0 Å². The van der Waals surface area contributed by atoms with Crippen molar-refractivity contribution in [2.24, 2.45) is 0 Å². The van der Waals surface area contributed by atoms with Crippen LogP contribution < -0.4 is 9.47 Å². The maximum Gasteiger partial charge on any atom is 0.126 e. The zero-order valence-electron chi connectivity index (χ0n) is 14.9. The molecule has 2 aromatic carbocycles. The number of ether oxygens (including phenoxy) is 2. The van der Waals surface area contributed by atoms with Gasteiger partial charge in [0.2, 0.25) is 0 Å². The van der Waals surface area contributed by atoms with Gasteiger partial charge in [-0.1, -0.05) is 55.1 Å². The quantitative estimate of drug-likeness (QED) is 0.563. The van der Waals surface area contributed by atoms with Gasteiger partial charge in [0.15, 0.2) is 0 Å². The van der Waals surface area contributed by atoms with Gasteiger partial charge in [-0.3, -0.25) is 0 Å². The Balaban J connectivity index is 1.91. The van der Waals surface area contributed by atoms with Crippen molar-refractivity contribution in [1.82, 2.24) is 0 Å². The number of hydrogen-bond donors (Lipinski definition) is 0. The lowest BCUT2D eigenvalue weighted by atomic mass is 9.82. The second kappa shape index (κ2) is 8.44. The van der Waals surface area contributed by atoms with Crippen LogP contribution in [0.2, 0.25) is 5.02 Å². The molecule has 1 aliphatic carbocycles. The third kappa shape index (κ3) is 4.38. The minimum absolute atomic E-state index is 0.535. The molecule has 0 saturated heterocycles. The highest BCUT2D eigenvalue weighted by Gasteiger charge is 2.23. The van der Waals surface area contributed by atoms with Gasteiger partial charge in [0, 0.05) is 10.6 Å². The molecular formula is C22H25ClO2. The van der Waals surface area contributed by atoms with Crippen LogP contribution in [0.5, 0.6) is 11.5 Å². The van der Waals surface area contributed by atoms with Crippen LogP contribution >= 0.6 is 11.6 Å². The Morgan fingerprint density at radius 2 is 1.40 bits per heavy atom. The van der Waals surface area contributed by atoms with E-state index in [0.717, 1.165) is 27.6 Å². The molecule has 0 amide bonds. The fourth-order valence-corrected chi connectivity index (χ4v) is 3.74. The number of rotatable bonds is 5. The van der Waals surface area contributed by atoms with Crippen molar-refractivity contribution in [3.8, 4) is 11.5 Å². The van der Waals surface area contributed by atoms with E-state index in [1.807, 2.05) is 24.3 Å². The lowest BCUT2D eigenvalue weighted by Gasteiger charge is -2.26. The van der Waals surface area contributed by atoms with Crippen LogP contribution in [-0.4, -0.2) is 14.2 Å². The van der Waals surface area contributed by atoms with Crippen molar-refractivity contribution < 1.29 is 9.47 Å². The van der Waals surface area contributed by atoms with E-state index >= 15 is 0 Å². The van der Waals surface area contributed by atoms with E-state index in [2.05, 4.69) is 24.3 Å². The van der Waals surface area contributed by atoms with E-state index in [1.54, 1.807) is 14.2 Å². The molecule has 0 spiro atoms. The van der Waals surface area contributed by atoms with Crippen molar-refractivity contribution in [1.29, 1.82) is 0 Å². The SMILES string of the molecule is COc1cc(C=Cc2ccc(Cl)cc2)cc(OC)c1C1CCCCC1. The molecule has 3 heteroatoms. The highest BCUT2D eigenvalue weighted by Crippen LogP contribution is 2.43. The Morgan fingerprint density at radius 3 is 1.96 bits per heavy atom. The fourth-order valence-electron chi connectivity index (χ4n) is 3.62. The second-order valence-electron chi connectivity index (χ2n) is 6.56. The van der Waals surface area contributed by atoms with Crippen LogP contribution in [0.15, 0.2) is 36.4 Å². The van der Waals surface area contributed by atoms with Gasteiger partial charge in [-0.25, -0.2) is 0 Å². The van der Waals surface area contributed by atoms with Crippen molar-refractivity contribution in [2.75, 3.05) is 14.2 Å². The Labute approximate surface area is 155 Å². The molecule has 0 heterocycles. The Morgan fingerprint density at radius 1 is 0.840 bits per heavy atom. The molecule has 25 heavy (non-hydrogen) atoms. The monoisotopic (exact) mass is 356 g/mol. The highest BCUT2D eigenvalue weighted by atomic mass is 35.5. The highest BCUT2D eigenvalue weighted by molar-refractivity contribution is 6.30. The molecule has 0 aromatic heterocycles. The average molecular weight is 357 g/mol. The molecule has 1 fully saturated rings. The minimum atomic E-state index is 0.535. The van der Waals surface area contributed by atoms with Crippen molar-refractivity contribution >= 4 is 23.8 Å². The summed E-state index contributed by atoms with van der Waals surface area (Å²) in [6.07, 6.45) is 10.5.